The van der Waals surface area contributed by atoms with Gasteiger partial charge in [-0.25, -0.2) is 0 Å². The number of rotatable bonds is 7. The van der Waals surface area contributed by atoms with Crippen LogP contribution in [-0.4, -0.2) is 0 Å². The van der Waals surface area contributed by atoms with E-state index in [0.717, 1.165) is 17.1 Å². The van der Waals surface area contributed by atoms with Gasteiger partial charge in [-0.05, 0) is 133 Å². The van der Waals surface area contributed by atoms with Crippen molar-refractivity contribution in [3.63, 3.8) is 0 Å². The second-order valence-electron chi connectivity index (χ2n) is 16.6. The zero-order valence-corrected chi connectivity index (χ0v) is 35.1. The fourth-order valence-corrected chi connectivity index (χ4v) is 11.2. The molecule has 1 heterocycles. The molecule has 1 aliphatic rings. The van der Waals surface area contributed by atoms with E-state index in [4.69, 9.17) is 0 Å². The molecule has 0 spiro atoms. The Balaban J connectivity index is 0.994. The summed E-state index contributed by atoms with van der Waals surface area (Å²) in [5.74, 6) is 0. The van der Waals surface area contributed by atoms with E-state index in [1.54, 1.807) is 0 Å². The third kappa shape index (κ3) is 5.90. The molecule has 1 atom stereocenters. The quantitative estimate of drug-likeness (QED) is 0.155. The Morgan fingerprint density at radius 3 is 1.85 bits per heavy atom. The summed E-state index contributed by atoms with van der Waals surface area (Å²) in [6, 6.07) is 85.1. The van der Waals surface area contributed by atoms with Gasteiger partial charge in [-0.3, -0.25) is 0 Å². The molecule has 0 aliphatic heterocycles. The highest BCUT2D eigenvalue weighted by Gasteiger charge is 2.41. The average Bonchev–Trinajstić information content (AvgIpc) is 3.85. The summed E-state index contributed by atoms with van der Waals surface area (Å²) in [4.78, 5) is 2.43. The molecular formula is C60H41NS. The van der Waals surface area contributed by atoms with Crippen molar-refractivity contribution in [2.45, 2.75) is 12.3 Å². The molecule has 0 saturated carbocycles. The van der Waals surface area contributed by atoms with Gasteiger partial charge in [-0.1, -0.05) is 176 Å². The predicted molar refractivity (Wildman–Crippen MR) is 265 cm³/mol. The third-order valence-electron chi connectivity index (χ3n) is 13.1. The maximum Gasteiger partial charge on any atom is 0.0467 e. The molecule has 1 unspecified atom stereocenters. The number of fused-ring (bicyclic) bond motifs is 7. The second-order valence-corrected chi connectivity index (χ2v) is 17.7. The van der Waals surface area contributed by atoms with Crippen LogP contribution in [-0.2, 0) is 5.41 Å². The van der Waals surface area contributed by atoms with Gasteiger partial charge >= 0.3 is 0 Å². The van der Waals surface area contributed by atoms with Crippen LogP contribution < -0.4 is 4.90 Å². The number of hydrogen-bond acceptors (Lipinski definition) is 2. The lowest BCUT2D eigenvalue weighted by molar-refractivity contribution is 0.714. The van der Waals surface area contributed by atoms with Gasteiger partial charge in [0.2, 0.25) is 0 Å². The molecule has 0 N–H and O–H groups in total. The Labute approximate surface area is 366 Å². The molecule has 0 saturated heterocycles. The summed E-state index contributed by atoms with van der Waals surface area (Å²) < 4.78 is 2.66. The number of anilines is 3. The first-order valence-corrected chi connectivity index (χ1v) is 22.2. The third-order valence-corrected chi connectivity index (χ3v) is 14.4. The lowest BCUT2D eigenvalue weighted by Gasteiger charge is -2.31. The van der Waals surface area contributed by atoms with Crippen molar-refractivity contribution in [3.05, 3.63) is 247 Å². The maximum absolute atomic E-state index is 2.44. The minimum Gasteiger partial charge on any atom is -0.310 e. The summed E-state index contributed by atoms with van der Waals surface area (Å²) in [7, 11) is 0. The molecule has 0 amide bonds. The van der Waals surface area contributed by atoms with Gasteiger partial charge in [0.05, 0.1) is 0 Å². The van der Waals surface area contributed by atoms with Crippen molar-refractivity contribution in [1.82, 2.24) is 0 Å². The van der Waals surface area contributed by atoms with Gasteiger partial charge in [-0.15, -0.1) is 11.3 Å². The SMILES string of the molecule is CC1(c2ccccc2)c2ccccc2-c2ccc(N(c3ccc(-c4ccc5ccccc5c4)cc3)c3cccc(-c4cccc(-c5cccc6c5sc5ccccc56)c4)c3)cc21. The zero-order valence-electron chi connectivity index (χ0n) is 34.3. The van der Waals surface area contributed by atoms with Gasteiger partial charge in [0, 0.05) is 42.6 Å². The van der Waals surface area contributed by atoms with Crippen molar-refractivity contribution < 1.29 is 0 Å². The van der Waals surface area contributed by atoms with Crippen LogP contribution >= 0.6 is 11.3 Å². The summed E-state index contributed by atoms with van der Waals surface area (Å²) in [6.07, 6.45) is 0. The first-order valence-electron chi connectivity index (χ1n) is 21.4. The zero-order chi connectivity index (χ0) is 41.2. The van der Waals surface area contributed by atoms with E-state index in [9.17, 15) is 0 Å². The normalized spacial score (nSPS) is 14.3. The predicted octanol–water partition coefficient (Wildman–Crippen LogP) is 17.0. The smallest absolute Gasteiger partial charge is 0.0467 e. The Morgan fingerprint density at radius 2 is 0.968 bits per heavy atom. The van der Waals surface area contributed by atoms with Crippen LogP contribution in [0.25, 0.3) is 75.5 Å². The standard InChI is InChI=1S/C60H41NS/c1-60(47-19-3-2-4-20-47)56-26-9-7-22-52(56)53-35-34-50(39-57(53)60)61(48-32-30-41(31-33-48)45-29-28-40-14-5-6-15-42(40)36-45)49-21-12-17-44(38-49)43-16-11-18-46(37-43)51-24-13-25-55-54-23-8-10-27-58(54)62-59(51)55/h2-39H,1H3. The Kier molecular flexibility index (Phi) is 8.55. The highest BCUT2D eigenvalue weighted by atomic mass is 32.1. The van der Waals surface area contributed by atoms with Crippen molar-refractivity contribution in [2.75, 3.05) is 4.90 Å². The van der Waals surface area contributed by atoms with Crippen LogP contribution in [0.4, 0.5) is 17.1 Å². The monoisotopic (exact) mass is 807 g/mol. The second kappa shape index (κ2) is 14.6. The van der Waals surface area contributed by atoms with E-state index < -0.39 is 0 Å². The van der Waals surface area contributed by atoms with E-state index in [-0.39, 0.29) is 5.41 Å². The van der Waals surface area contributed by atoms with Crippen molar-refractivity contribution in [3.8, 4) is 44.5 Å². The van der Waals surface area contributed by atoms with Crippen LogP contribution in [0.5, 0.6) is 0 Å². The van der Waals surface area contributed by atoms with Crippen molar-refractivity contribution in [2.24, 2.45) is 0 Å². The van der Waals surface area contributed by atoms with Crippen LogP contribution in [0, 0.1) is 0 Å². The summed E-state index contributed by atoms with van der Waals surface area (Å²) in [5, 5.41) is 5.14. The van der Waals surface area contributed by atoms with E-state index in [1.165, 1.54) is 92.1 Å². The molecule has 11 aromatic rings. The van der Waals surface area contributed by atoms with E-state index >= 15 is 0 Å². The minimum absolute atomic E-state index is 0.311. The Hall–Kier alpha value is -7.52. The average molecular weight is 808 g/mol. The number of thiophene rings is 1. The summed E-state index contributed by atoms with van der Waals surface area (Å²) >= 11 is 1.88. The number of hydrogen-bond donors (Lipinski definition) is 0. The fraction of sp³-hybridized carbons (Fsp3) is 0.0333. The summed E-state index contributed by atoms with van der Waals surface area (Å²) in [6.45, 7) is 2.40. The first-order chi connectivity index (χ1) is 30.6. The van der Waals surface area contributed by atoms with Gasteiger partial charge in [0.25, 0.3) is 0 Å². The lowest BCUT2D eigenvalue weighted by Crippen LogP contribution is -2.22. The Bertz CT molecular complexity index is 3490. The minimum atomic E-state index is -0.311. The van der Waals surface area contributed by atoms with Crippen molar-refractivity contribution >= 4 is 59.3 Å². The topological polar surface area (TPSA) is 3.24 Å². The molecule has 2 heteroatoms. The molecule has 0 radical (unpaired) electrons. The van der Waals surface area contributed by atoms with Crippen LogP contribution in [0.15, 0.2) is 231 Å². The molecule has 10 aromatic carbocycles. The molecule has 62 heavy (non-hydrogen) atoms. The first kappa shape index (κ1) is 36.3. The highest BCUT2D eigenvalue weighted by molar-refractivity contribution is 7.26. The summed E-state index contributed by atoms with van der Waals surface area (Å²) in [5.41, 5.74) is 16.9. The highest BCUT2D eigenvalue weighted by Crippen LogP contribution is 2.54. The lowest BCUT2D eigenvalue weighted by atomic mass is 9.74. The van der Waals surface area contributed by atoms with Gasteiger partial charge in [-0.2, -0.15) is 0 Å². The van der Waals surface area contributed by atoms with E-state index in [0.29, 0.717) is 0 Å². The molecule has 292 valence electrons. The van der Waals surface area contributed by atoms with Crippen molar-refractivity contribution in [1.29, 1.82) is 0 Å². The Morgan fingerprint density at radius 1 is 0.355 bits per heavy atom. The molecule has 0 fully saturated rings. The molecule has 1 aliphatic carbocycles. The number of benzene rings is 10. The molecule has 12 rings (SSSR count). The molecule has 0 bridgehead atoms. The van der Waals surface area contributed by atoms with E-state index in [2.05, 4.69) is 242 Å². The van der Waals surface area contributed by atoms with Crippen LogP contribution in [0.1, 0.15) is 23.6 Å². The number of nitrogens with zero attached hydrogens (tertiary/aromatic N) is 1. The largest absolute Gasteiger partial charge is 0.310 e. The molecular weight excluding hydrogens is 767 g/mol. The maximum atomic E-state index is 2.44. The van der Waals surface area contributed by atoms with Crippen LogP contribution in [0.3, 0.4) is 0 Å². The van der Waals surface area contributed by atoms with E-state index in [1.807, 2.05) is 11.3 Å². The van der Waals surface area contributed by atoms with Gasteiger partial charge in [0.15, 0.2) is 0 Å². The van der Waals surface area contributed by atoms with Gasteiger partial charge in [0.1, 0.15) is 0 Å². The van der Waals surface area contributed by atoms with Gasteiger partial charge < -0.3 is 4.90 Å². The molecule has 1 aromatic heterocycles. The van der Waals surface area contributed by atoms with Crippen LogP contribution in [0.2, 0.25) is 0 Å². The molecule has 1 nitrogen and oxygen atoms in total. The fourth-order valence-electron chi connectivity index (χ4n) is 9.99.